The lowest BCUT2D eigenvalue weighted by molar-refractivity contribution is -0.120. The first kappa shape index (κ1) is 16.7. The molecule has 2 aromatic rings. The van der Waals surface area contributed by atoms with Crippen LogP contribution in [0.4, 0.5) is 5.69 Å². The quantitative estimate of drug-likeness (QED) is 0.901. The van der Waals surface area contributed by atoms with Crippen molar-refractivity contribution in [2.75, 3.05) is 5.32 Å². The van der Waals surface area contributed by atoms with Crippen molar-refractivity contribution >= 4 is 21.4 Å². The van der Waals surface area contributed by atoms with Gasteiger partial charge in [0.1, 0.15) is 0 Å². The average molecular weight is 347 g/mol. The van der Waals surface area contributed by atoms with Crippen molar-refractivity contribution < 1.29 is 13.2 Å². The molecule has 0 unspecified atom stereocenters. The second kappa shape index (κ2) is 6.05. The highest BCUT2D eigenvalue weighted by Crippen LogP contribution is 2.43. The maximum Gasteiger partial charge on any atom is 0.246 e. The number of benzene rings is 1. The van der Waals surface area contributed by atoms with E-state index in [1.165, 1.54) is 6.20 Å². The molecule has 1 fully saturated rings. The summed E-state index contributed by atoms with van der Waals surface area (Å²) in [5.41, 5.74) is 1.50. The Morgan fingerprint density at radius 1 is 1.29 bits per heavy atom. The molecule has 1 amide bonds. The zero-order chi connectivity index (χ0) is 17.4. The van der Waals surface area contributed by atoms with Crippen molar-refractivity contribution in [3.05, 3.63) is 42.2 Å². The third kappa shape index (κ3) is 2.62. The number of aryl methyl sites for hydroxylation is 2. The third-order valence-electron chi connectivity index (χ3n) is 4.64. The molecule has 24 heavy (non-hydrogen) atoms. The molecule has 7 heteroatoms. The van der Waals surface area contributed by atoms with Gasteiger partial charge in [-0.25, -0.2) is 8.42 Å². The SMILES string of the molecule is CCn1cc(NC(=O)C2(S(=O)(=O)c3ccc(C)cc3)CCC2)cn1. The van der Waals surface area contributed by atoms with Gasteiger partial charge in [0.2, 0.25) is 5.91 Å². The van der Waals surface area contributed by atoms with Gasteiger partial charge >= 0.3 is 0 Å². The number of rotatable bonds is 5. The zero-order valence-corrected chi connectivity index (χ0v) is 14.6. The van der Waals surface area contributed by atoms with E-state index in [9.17, 15) is 13.2 Å². The summed E-state index contributed by atoms with van der Waals surface area (Å²) in [4.78, 5) is 13.0. The molecule has 128 valence electrons. The Kier molecular flexibility index (Phi) is 4.21. The summed E-state index contributed by atoms with van der Waals surface area (Å²) in [5.74, 6) is -0.468. The Hall–Kier alpha value is -2.15. The Bertz CT molecular complexity index is 849. The van der Waals surface area contributed by atoms with Crippen LogP contribution in [0.5, 0.6) is 0 Å². The molecule has 1 aromatic carbocycles. The molecule has 0 radical (unpaired) electrons. The minimum atomic E-state index is -3.74. The van der Waals surface area contributed by atoms with Gasteiger partial charge < -0.3 is 5.32 Å². The topological polar surface area (TPSA) is 81.1 Å². The molecule has 1 N–H and O–H groups in total. The minimum absolute atomic E-state index is 0.201. The van der Waals surface area contributed by atoms with Crippen LogP contribution in [0.2, 0.25) is 0 Å². The number of sulfone groups is 1. The van der Waals surface area contributed by atoms with Crippen molar-refractivity contribution in [3.8, 4) is 0 Å². The number of nitrogens with zero attached hydrogens (tertiary/aromatic N) is 2. The summed E-state index contributed by atoms with van der Waals surface area (Å²) in [6.45, 7) is 4.52. The smallest absolute Gasteiger partial charge is 0.246 e. The first-order valence-corrected chi connectivity index (χ1v) is 9.52. The first-order valence-electron chi connectivity index (χ1n) is 8.04. The minimum Gasteiger partial charge on any atom is -0.322 e. The first-order chi connectivity index (χ1) is 11.4. The number of hydrogen-bond donors (Lipinski definition) is 1. The normalized spacial score (nSPS) is 16.4. The summed E-state index contributed by atoms with van der Waals surface area (Å²) in [5, 5.41) is 6.82. The van der Waals surface area contributed by atoms with Gasteiger partial charge in [-0.15, -0.1) is 0 Å². The molecule has 0 atom stereocenters. The van der Waals surface area contributed by atoms with Crippen LogP contribution in [0.3, 0.4) is 0 Å². The molecule has 1 aromatic heterocycles. The van der Waals surface area contributed by atoms with Crippen molar-refractivity contribution in [3.63, 3.8) is 0 Å². The molecular formula is C17H21N3O3S. The van der Waals surface area contributed by atoms with Crippen molar-refractivity contribution in [1.29, 1.82) is 0 Å². The maximum atomic E-state index is 13.1. The van der Waals surface area contributed by atoms with Crippen molar-refractivity contribution in [1.82, 2.24) is 9.78 Å². The fraction of sp³-hybridized carbons (Fsp3) is 0.412. The Balaban J connectivity index is 1.90. The van der Waals surface area contributed by atoms with Gasteiger partial charge in [-0.3, -0.25) is 9.48 Å². The van der Waals surface area contributed by atoms with E-state index in [2.05, 4.69) is 10.4 Å². The predicted molar refractivity (Wildman–Crippen MR) is 91.5 cm³/mol. The molecule has 0 saturated heterocycles. The average Bonchev–Trinajstić information content (AvgIpc) is 2.93. The molecule has 0 aliphatic heterocycles. The lowest BCUT2D eigenvalue weighted by Gasteiger charge is -2.39. The van der Waals surface area contributed by atoms with Gasteiger partial charge in [-0.2, -0.15) is 5.10 Å². The fourth-order valence-electron chi connectivity index (χ4n) is 2.90. The molecule has 1 heterocycles. The predicted octanol–water partition coefficient (Wildman–Crippen LogP) is 2.55. The lowest BCUT2D eigenvalue weighted by atomic mass is 9.83. The monoisotopic (exact) mass is 347 g/mol. The highest BCUT2D eigenvalue weighted by atomic mass is 32.2. The summed E-state index contributed by atoms with van der Waals surface area (Å²) < 4.78 is 26.4. The molecule has 1 aliphatic rings. The van der Waals surface area contributed by atoms with E-state index in [0.717, 1.165) is 12.0 Å². The second-order valence-electron chi connectivity index (χ2n) is 6.20. The summed E-state index contributed by atoms with van der Waals surface area (Å²) >= 11 is 0. The highest BCUT2D eigenvalue weighted by molar-refractivity contribution is 7.93. The summed E-state index contributed by atoms with van der Waals surface area (Å²) in [6.07, 6.45) is 4.65. The second-order valence-corrected chi connectivity index (χ2v) is 8.46. The Labute approximate surface area is 141 Å². The highest BCUT2D eigenvalue weighted by Gasteiger charge is 2.55. The van der Waals surface area contributed by atoms with E-state index in [-0.39, 0.29) is 4.90 Å². The van der Waals surface area contributed by atoms with E-state index >= 15 is 0 Å². The fourth-order valence-corrected chi connectivity index (χ4v) is 4.97. The Morgan fingerprint density at radius 2 is 1.96 bits per heavy atom. The van der Waals surface area contributed by atoms with Gasteiger partial charge in [-0.05, 0) is 45.2 Å². The number of carbonyl (C=O) groups excluding carboxylic acids is 1. The molecule has 0 bridgehead atoms. The number of aromatic nitrogens is 2. The van der Waals surface area contributed by atoms with E-state index in [0.29, 0.717) is 25.1 Å². The molecular weight excluding hydrogens is 326 g/mol. The number of carbonyl (C=O) groups is 1. The van der Waals surface area contributed by atoms with E-state index in [4.69, 9.17) is 0 Å². The van der Waals surface area contributed by atoms with Gasteiger partial charge in [0.15, 0.2) is 14.6 Å². The van der Waals surface area contributed by atoms with Crippen molar-refractivity contribution in [2.24, 2.45) is 0 Å². The van der Waals surface area contributed by atoms with Gasteiger partial charge in [0, 0.05) is 12.7 Å². The van der Waals surface area contributed by atoms with E-state index in [1.54, 1.807) is 35.1 Å². The van der Waals surface area contributed by atoms with Gasteiger partial charge in [0.25, 0.3) is 0 Å². The third-order valence-corrected chi connectivity index (χ3v) is 7.15. The summed E-state index contributed by atoms with van der Waals surface area (Å²) in [6, 6.07) is 6.66. The van der Waals surface area contributed by atoms with Gasteiger partial charge in [-0.1, -0.05) is 17.7 Å². The molecule has 6 nitrogen and oxygen atoms in total. The zero-order valence-electron chi connectivity index (χ0n) is 13.8. The summed E-state index contributed by atoms with van der Waals surface area (Å²) in [7, 11) is -3.74. The van der Waals surface area contributed by atoms with Crippen LogP contribution in [-0.2, 0) is 21.2 Å². The van der Waals surface area contributed by atoms with Crippen LogP contribution >= 0.6 is 0 Å². The number of amides is 1. The maximum absolute atomic E-state index is 13.1. The molecule has 0 spiro atoms. The van der Waals surface area contributed by atoms with Crippen LogP contribution in [0, 0.1) is 6.92 Å². The van der Waals surface area contributed by atoms with E-state index < -0.39 is 20.5 Å². The molecule has 1 saturated carbocycles. The number of hydrogen-bond acceptors (Lipinski definition) is 4. The standard InChI is InChI=1S/C17H21N3O3S/c1-3-20-12-14(11-18-20)19-16(21)17(9-4-10-17)24(22,23)15-7-5-13(2)6-8-15/h5-8,11-12H,3-4,9-10H2,1-2H3,(H,19,21). The van der Waals surface area contributed by atoms with E-state index in [1.807, 2.05) is 13.8 Å². The lowest BCUT2D eigenvalue weighted by Crippen LogP contribution is -2.54. The molecule has 1 aliphatic carbocycles. The van der Waals surface area contributed by atoms with Crippen LogP contribution < -0.4 is 5.32 Å². The Morgan fingerprint density at radius 3 is 2.46 bits per heavy atom. The number of anilines is 1. The largest absolute Gasteiger partial charge is 0.322 e. The number of nitrogens with one attached hydrogen (secondary N) is 1. The molecule has 3 rings (SSSR count). The van der Waals surface area contributed by atoms with Gasteiger partial charge in [0.05, 0.1) is 16.8 Å². The van der Waals surface area contributed by atoms with Crippen LogP contribution in [0.1, 0.15) is 31.7 Å². The van der Waals surface area contributed by atoms with Crippen LogP contribution in [0.25, 0.3) is 0 Å². The van der Waals surface area contributed by atoms with Crippen LogP contribution in [0.15, 0.2) is 41.6 Å². The van der Waals surface area contributed by atoms with Crippen molar-refractivity contribution in [2.45, 2.75) is 49.3 Å². The van der Waals surface area contributed by atoms with Crippen LogP contribution in [-0.4, -0.2) is 28.9 Å².